The number of hydrogen-bond acceptors (Lipinski definition) is 6. The summed E-state index contributed by atoms with van der Waals surface area (Å²) >= 11 is 0. The summed E-state index contributed by atoms with van der Waals surface area (Å²) in [7, 11) is -2.07. The fourth-order valence-corrected chi connectivity index (χ4v) is 7.66. The fraction of sp³-hybridized carbons (Fsp3) is 0.586. The molecular formula is C29H39F2N3O4S. The number of rotatable bonds is 2. The summed E-state index contributed by atoms with van der Waals surface area (Å²) in [6, 6.07) is 8.34. The second-order valence-corrected chi connectivity index (χ2v) is 13.3. The minimum absolute atomic E-state index is 0.0651. The van der Waals surface area contributed by atoms with Gasteiger partial charge in [-0.2, -0.15) is 0 Å². The molecule has 2 fully saturated rings. The molecular weight excluding hydrogens is 524 g/mol. The average molecular weight is 564 g/mol. The predicted octanol–water partition coefficient (Wildman–Crippen LogP) is 4.01. The zero-order chi connectivity index (χ0) is 27.6. The van der Waals surface area contributed by atoms with Crippen molar-refractivity contribution in [3.05, 3.63) is 48.0 Å². The maximum absolute atomic E-state index is 14.6. The van der Waals surface area contributed by atoms with Crippen LogP contribution in [0.1, 0.15) is 44.9 Å². The van der Waals surface area contributed by atoms with Crippen molar-refractivity contribution < 1.29 is 27.0 Å². The lowest BCUT2D eigenvalue weighted by Crippen LogP contribution is -2.52. The molecule has 0 radical (unpaired) electrons. The molecule has 0 bridgehead atoms. The number of aliphatic hydroxyl groups excluding tert-OH is 1. The maximum atomic E-state index is 14.6. The monoisotopic (exact) mass is 563 g/mol. The normalized spacial score (nSPS) is 25.3. The van der Waals surface area contributed by atoms with Gasteiger partial charge in [0, 0.05) is 42.7 Å². The Morgan fingerprint density at radius 3 is 2.51 bits per heavy atom. The molecule has 1 saturated carbocycles. The van der Waals surface area contributed by atoms with Gasteiger partial charge >= 0.3 is 0 Å². The molecule has 39 heavy (non-hydrogen) atoms. The summed E-state index contributed by atoms with van der Waals surface area (Å²) < 4.78 is 63.4. The van der Waals surface area contributed by atoms with E-state index in [0.717, 1.165) is 32.0 Å². The molecule has 1 spiro atoms. The van der Waals surface area contributed by atoms with E-state index in [0.29, 0.717) is 31.3 Å². The molecule has 214 valence electrons. The van der Waals surface area contributed by atoms with Gasteiger partial charge < -0.3 is 19.6 Å². The molecule has 2 N–H and O–H groups in total. The van der Waals surface area contributed by atoms with E-state index in [1.807, 2.05) is 7.05 Å². The van der Waals surface area contributed by atoms with Crippen molar-refractivity contribution in [2.75, 3.05) is 46.4 Å². The largest absolute Gasteiger partial charge is 0.492 e. The third-order valence-electron chi connectivity index (χ3n) is 8.60. The van der Waals surface area contributed by atoms with Crippen molar-refractivity contribution in [1.29, 1.82) is 0 Å². The summed E-state index contributed by atoms with van der Waals surface area (Å²) in [6.07, 6.45) is 7.30. The number of aliphatic hydroxyl groups is 1. The highest BCUT2D eigenvalue weighted by Gasteiger charge is 2.39. The smallest absolute Gasteiger partial charge is 0.244 e. The number of likely N-dealkylation sites (tertiary alicyclic amines) is 1. The quantitative estimate of drug-likeness (QED) is 0.575. The number of sulfonamides is 1. The third-order valence-corrected chi connectivity index (χ3v) is 10.1. The number of β-amino-alcohol motifs (C(OH)–C–C–N with tert-alkyl or cyclic N) is 1. The van der Waals surface area contributed by atoms with Gasteiger partial charge in [0.05, 0.1) is 12.7 Å². The molecule has 0 aromatic heterocycles. The van der Waals surface area contributed by atoms with Crippen LogP contribution in [0.4, 0.5) is 8.78 Å². The van der Waals surface area contributed by atoms with E-state index >= 15 is 0 Å². The van der Waals surface area contributed by atoms with Crippen molar-refractivity contribution in [1.82, 2.24) is 14.5 Å². The van der Waals surface area contributed by atoms with Crippen LogP contribution in [0, 0.1) is 17.0 Å². The highest BCUT2D eigenvalue weighted by atomic mass is 32.2. The summed E-state index contributed by atoms with van der Waals surface area (Å²) in [5.41, 5.74) is 0.321. The first-order valence-electron chi connectivity index (χ1n) is 14.0. The Hall–Kier alpha value is -2.11. The Bertz CT molecular complexity index is 1260. The Balaban J connectivity index is 1.46. The van der Waals surface area contributed by atoms with Crippen LogP contribution in [0.5, 0.6) is 5.75 Å². The van der Waals surface area contributed by atoms with E-state index < -0.39 is 27.8 Å². The lowest BCUT2D eigenvalue weighted by atomic mass is 9.77. The van der Waals surface area contributed by atoms with Crippen LogP contribution < -0.4 is 9.46 Å². The van der Waals surface area contributed by atoms with Gasteiger partial charge in [0.2, 0.25) is 10.0 Å². The van der Waals surface area contributed by atoms with Crippen molar-refractivity contribution >= 4 is 10.0 Å². The fourth-order valence-electron chi connectivity index (χ4n) is 6.47. The molecule has 3 aliphatic rings. The molecule has 2 heterocycles. The first kappa shape index (κ1) is 28.4. The van der Waals surface area contributed by atoms with Crippen molar-refractivity contribution in [3.8, 4) is 16.9 Å². The first-order valence-corrected chi connectivity index (χ1v) is 15.5. The van der Waals surface area contributed by atoms with Gasteiger partial charge in [-0.1, -0.05) is 25.3 Å². The van der Waals surface area contributed by atoms with Gasteiger partial charge in [0.25, 0.3) is 0 Å². The molecule has 2 aromatic rings. The average Bonchev–Trinajstić information content (AvgIpc) is 2.91. The molecule has 2 aromatic carbocycles. The SMILES string of the molecule is CN1CC(O)CNS(=O)(=O)c2ccc(-c3ccc(F)cc3F)cc2OCC2(CCN(C3CCCCC3)CC2)C1. The zero-order valence-electron chi connectivity index (χ0n) is 22.5. The van der Waals surface area contributed by atoms with Crippen LogP contribution in [0.15, 0.2) is 41.3 Å². The van der Waals surface area contributed by atoms with Crippen LogP contribution in [-0.4, -0.2) is 81.8 Å². The van der Waals surface area contributed by atoms with Crippen LogP contribution in [0.2, 0.25) is 0 Å². The molecule has 1 aliphatic carbocycles. The number of nitrogens with zero attached hydrogens (tertiary/aromatic N) is 2. The summed E-state index contributed by atoms with van der Waals surface area (Å²) in [6.45, 7) is 3.12. The number of benzene rings is 2. The second-order valence-electron chi connectivity index (χ2n) is 11.6. The Morgan fingerprint density at radius 1 is 1.05 bits per heavy atom. The Morgan fingerprint density at radius 2 is 1.79 bits per heavy atom. The second kappa shape index (κ2) is 11.8. The summed E-state index contributed by atoms with van der Waals surface area (Å²) in [5.74, 6) is -1.30. The lowest BCUT2D eigenvalue weighted by Gasteiger charge is -2.46. The minimum Gasteiger partial charge on any atom is -0.492 e. The standard InChI is InChI=1S/C29H39F2N3O4S/c1-33-18-24(35)17-32-39(36,37)28-10-7-21(25-9-8-22(30)16-26(25)31)15-27(28)38-20-29(19-33)11-13-34(14-12-29)23-5-3-2-4-6-23/h7-10,15-16,23-24,32,35H,2-6,11-14,17-20H2,1H3. The van der Waals surface area contributed by atoms with E-state index in [1.54, 1.807) is 0 Å². The molecule has 0 amide bonds. The van der Waals surface area contributed by atoms with E-state index in [-0.39, 0.29) is 28.2 Å². The first-order chi connectivity index (χ1) is 18.6. The molecule has 1 unspecified atom stereocenters. The van der Waals surface area contributed by atoms with E-state index in [4.69, 9.17) is 4.74 Å². The molecule has 2 aliphatic heterocycles. The number of piperidine rings is 1. The maximum Gasteiger partial charge on any atom is 0.244 e. The number of ether oxygens (including phenoxy) is 1. The van der Waals surface area contributed by atoms with Gasteiger partial charge in [-0.05, 0) is 75.6 Å². The molecule has 1 atom stereocenters. The van der Waals surface area contributed by atoms with E-state index in [2.05, 4.69) is 14.5 Å². The molecule has 10 heteroatoms. The van der Waals surface area contributed by atoms with Gasteiger partial charge in [-0.25, -0.2) is 21.9 Å². The van der Waals surface area contributed by atoms with Gasteiger partial charge in [0.1, 0.15) is 22.3 Å². The van der Waals surface area contributed by atoms with Crippen molar-refractivity contribution in [3.63, 3.8) is 0 Å². The third kappa shape index (κ3) is 6.62. The van der Waals surface area contributed by atoms with Crippen molar-refractivity contribution in [2.45, 2.75) is 62.0 Å². The minimum atomic E-state index is -4.02. The predicted molar refractivity (Wildman–Crippen MR) is 146 cm³/mol. The van der Waals surface area contributed by atoms with Gasteiger partial charge in [0.15, 0.2) is 0 Å². The Labute approximate surface area is 230 Å². The van der Waals surface area contributed by atoms with Crippen LogP contribution >= 0.6 is 0 Å². The van der Waals surface area contributed by atoms with E-state index in [1.165, 1.54) is 62.4 Å². The van der Waals surface area contributed by atoms with Gasteiger partial charge in [-0.15, -0.1) is 0 Å². The van der Waals surface area contributed by atoms with E-state index in [9.17, 15) is 22.3 Å². The van der Waals surface area contributed by atoms with Crippen LogP contribution in [0.3, 0.4) is 0 Å². The lowest BCUT2D eigenvalue weighted by molar-refractivity contribution is -0.000182. The number of likely N-dealkylation sites (N-methyl/N-ethyl adjacent to an activating group) is 1. The van der Waals surface area contributed by atoms with Crippen LogP contribution in [-0.2, 0) is 10.0 Å². The summed E-state index contributed by atoms with van der Waals surface area (Å²) in [4.78, 5) is 4.60. The number of nitrogens with one attached hydrogen (secondary N) is 1. The molecule has 7 nitrogen and oxygen atoms in total. The molecule has 5 rings (SSSR count). The summed E-state index contributed by atoms with van der Waals surface area (Å²) in [5, 5.41) is 10.6. The topological polar surface area (TPSA) is 82.1 Å². The molecule has 1 saturated heterocycles. The zero-order valence-corrected chi connectivity index (χ0v) is 23.4. The van der Waals surface area contributed by atoms with Crippen LogP contribution in [0.25, 0.3) is 11.1 Å². The highest BCUT2D eigenvalue weighted by molar-refractivity contribution is 7.89. The number of halogens is 2. The Kier molecular flexibility index (Phi) is 8.59. The highest BCUT2D eigenvalue weighted by Crippen LogP contribution is 2.38. The van der Waals surface area contributed by atoms with Crippen molar-refractivity contribution in [2.24, 2.45) is 5.41 Å². The van der Waals surface area contributed by atoms with Gasteiger partial charge in [-0.3, -0.25) is 0 Å². The number of hydrogen-bond donors (Lipinski definition) is 2. The number of fused-ring (bicyclic) bond motifs is 1.